The molecule has 8 nitrogen and oxygen atoms in total. The van der Waals surface area contributed by atoms with Crippen molar-refractivity contribution in [1.29, 1.82) is 0 Å². The van der Waals surface area contributed by atoms with E-state index in [-0.39, 0.29) is 24.0 Å². The molecule has 0 unspecified atom stereocenters. The molecule has 0 aliphatic heterocycles. The van der Waals surface area contributed by atoms with Crippen LogP contribution in [0, 0.1) is 5.92 Å². The summed E-state index contributed by atoms with van der Waals surface area (Å²) in [6.07, 6.45) is -3.21. The highest BCUT2D eigenvalue weighted by Gasteiger charge is 2.31. The van der Waals surface area contributed by atoms with E-state index >= 15 is 0 Å². The molecule has 4 aromatic rings. The Morgan fingerprint density at radius 3 is 2.44 bits per heavy atom. The van der Waals surface area contributed by atoms with Crippen LogP contribution in [0.5, 0.6) is 11.5 Å². The van der Waals surface area contributed by atoms with E-state index in [1.807, 2.05) is 13.8 Å². The molecule has 4 rings (SSSR count). The fraction of sp³-hybridized carbons (Fsp3) is 0.286. The van der Waals surface area contributed by atoms with Gasteiger partial charge in [-0.3, -0.25) is 9.36 Å². The molecule has 2 aromatic heterocycles. The summed E-state index contributed by atoms with van der Waals surface area (Å²) in [5, 5.41) is 18.6. The topological polar surface area (TPSA) is 91.4 Å². The van der Waals surface area contributed by atoms with Gasteiger partial charge >= 0.3 is 12.5 Å². The molecule has 0 bridgehead atoms. The summed E-state index contributed by atoms with van der Waals surface area (Å²) in [5.41, 5.74) is 1.91. The fourth-order valence-corrected chi connectivity index (χ4v) is 3.61. The number of hydrogen-bond acceptors (Lipinski definition) is 5. The highest BCUT2D eigenvalue weighted by Crippen LogP contribution is 2.31. The van der Waals surface area contributed by atoms with Gasteiger partial charge in [-0.1, -0.05) is 13.8 Å². The van der Waals surface area contributed by atoms with Crippen molar-refractivity contribution >= 4 is 28.0 Å². The average molecular weight is 448 g/mol. The van der Waals surface area contributed by atoms with Crippen molar-refractivity contribution in [1.82, 2.24) is 19.6 Å². The van der Waals surface area contributed by atoms with Crippen LogP contribution in [-0.2, 0) is 13.1 Å². The van der Waals surface area contributed by atoms with Gasteiger partial charge in [0, 0.05) is 22.9 Å². The third-order valence-electron chi connectivity index (χ3n) is 4.70. The Morgan fingerprint density at radius 2 is 1.75 bits per heavy atom. The Bertz CT molecular complexity index is 1290. The maximum atomic E-state index is 12.8. The molecule has 0 spiro atoms. The molecule has 0 radical (unpaired) electrons. The minimum Gasteiger partial charge on any atom is -0.449 e. The molecular weight excluding hydrogens is 429 g/mol. The molecule has 0 fully saturated rings. The summed E-state index contributed by atoms with van der Waals surface area (Å²) in [4.78, 5) is 10.7. The van der Waals surface area contributed by atoms with Crippen LogP contribution in [-0.4, -0.2) is 37.2 Å². The zero-order valence-electron chi connectivity index (χ0n) is 17.1. The van der Waals surface area contributed by atoms with Gasteiger partial charge in [-0.05, 0) is 36.2 Å². The smallest absolute Gasteiger partial charge is 0.449 e. The van der Waals surface area contributed by atoms with Crippen LogP contribution in [0.1, 0.15) is 19.4 Å². The Labute approximate surface area is 179 Å². The van der Waals surface area contributed by atoms with E-state index in [1.54, 1.807) is 15.4 Å². The summed E-state index contributed by atoms with van der Waals surface area (Å²) in [7, 11) is 0. The number of aromatic nitrogens is 4. The number of fused-ring (bicyclic) bond motifs is 2. The highest BCUT2D eigenvalue weighted by molar-refractivity contribution is 5.85. The number of carboxylic acid groups (broad SMARTS) is 1. The van der Waals surface area contributed by atoms with Crippen molar-refractivity contribution in [2.24, 2.45) is 5.92 Å². The first-order valence-corrected chi connectivity index (χ1v) is 9.69. The first-order chi connectivity index (χ1) is 15.1. The van der Waals surface area contributed by atoms with Gasteiger partial charge in [0.1, 0.15) is 11.5 Å². The zero-order valence-corrected chi connectivity index (χ0v) is 17.1. The van der Waals surface area contributed by atoms with Crippen LogP contribution in [0.15, 0.2) is 42.7 Å². The van der Waals surface area contributed by atoms with Gasteiger partial charge in [-0.25, -0.2) is 4.79 Å². The summed E-state index contributed by atoms with van der Waals surface area (Å²) in [6, 6.07) is 7.29. The molecule has 2 aromatic carbocycles. The first kappa shape index (κ1) is 21.5. The number of halogens is 3. The lowest BCUT2D eigenvalue weighted by atomic mass is 10.1. The second kappa shape index (κ2) is 8.06. The van der Waals surface area contributed by atoms with E-state index in [1.165, 1.54) is 36.7 Å². The third kappa shape index (κ3) is 4.61. The van der Waals surface area contributed by atoms with Crippen molar-refractivity contribution in [2.45, 2.75) is 33.3 Å². The number of hydrogen-bond donors (Lipinski definition) is 1. The predicted molar refractivity (Wildman–Crippen MR) is 109 cm³/mol. The van der Waals surface area contributed by atoms with Gasteiger partial charge in [0.05, 0.1) is 30.0 Å². The Kier molecular flexibility index (Phi) is 5.41. The molecule has 0 saturated heterocycles. The second-order valence-electron chi connectivity index (χ2n) is 7.68. The molecule has 2 heterocycles. The number of rotatable bonds is 6. The zero-order chi connectivity index (χ0) is 23.0. The molecule has 168 valence electrons. The highest BCUT2D eigenvalue weighted by atomic mass is 19.4. The van der Waals surface area contributed by atoms with Gasteiger partial charge in [-0.15, -0.1) is 13.2 Å². The van der Waals surface area contributed by atoms with Crippen molar-refractivity contribution in [3.05, 3.63) is 48.3 Å². The number of carbonyl (C=O) groups is 1. The van der Waals surface area contributed by atoms with Gasteiger partial charge in [0.25, 0.3) is 0 Å². The largest absolute Gasteiger partial charge is 0.573 e. The minimum atomic E-state index is -4.82. The monoisotopic (exact) mass is 448 g/mol. The molecule has 0 aliphatic rings. The standard InChI is InChI=1S/C21H19F3N4O4/c1-12(2)10-28-19-14(9-26-28)6-17(32-21(22,23)24)7-15(19)11-27-18-4-3-16(31-20(29)30)5-13(18)8-25-27/h3-9,12H,10-11H2,1-2H3,(H,29,30). The fourth-order valence-electron chi connectivity index (χ4n) is 3.61. The van der Waals surface area contributed by atoms with E-state index in [2.05, 4.69) is 19.7 Å². The van der Waals surface area contributed by atoms with E-state index in [0.29, 0.717) is 33.9 Å². The normalized spacial score (nSPS) is 12.1. The van der Waals surface area contributed by atoms with Crippen LogP contribution in [0.4, 0.5) is 18.0 Å². The van der Waals surface area contributed by atoms with E-state index < -0.39 is 12.5 Å². The maximum Gasteiger partial charge on any atom is 0.573 e. The SMILES string of the molecule is CC(C)Cn1ncc2cc(OC(F)(F)F)cc(Cn3ncc4cc(OC(=O)O)ccc43)c21. The van der Waals surface area contributed by atoms with E-state index in [0.717, 1.165) is 0 Å². The second-order valence-corrected chi connectivity index (χ2v) is 7.68. The van der Waals surface area contributed by atoms with E-state index in [9.17, 15) is 18.0 Å². The van der Waals surface area contributed by atoms with Crippen LogP contribution < -0.4 is 9.47 Å². The number of ether oxygens (including phenoxy) is 2. The lowest BCUT2D eigenvalue weighted by Gasteiger charge is -2.14. The van der Waals surface area contributed by atoms with Crippen molar-refractivity contribution in [2.75, 3.05) is 0 Å². The van der Waals surface area contributed by atoms with Gasteiger partial charge in [0.2, 0.25) is 0 Å². The first-order valence-electron chi connectivity index (χ1n) is 9.69. The van der Waals surface area contributed by atoms with Crippen LogP contribution in [0.3, 0.4) is 0 Å². The lowest BCUT2D eigenvalue weighted by molar-refractivity contribution is -0.274. The number of benzene rings is 2. The van der Waals surface area contributed by atoms with Gasteiger partial charge in [-0.2, -0.15) is 10.2 Å². The predicted octanol–water partition coefficient (Wildman–Crippen LogP) is 5.05. The minimum absolute atomic E-state index is 0.141. The molecular formula is C21H19F3N4O4. The molecule has 1 N–H and O–H groups in total. The Morgan fingerprint density at radius 1 is 1.06 bits per heavy atom. The summed E-state index contributed by atoms with van der Waals surface area (Å²) < 4.78 is 50.7. The molecule has 32 heavy (non-hydrogen) atoms. The van der Waals surface area contributed by atoms with Gasteiger partial charge < -0.3 is 14.6 Å². The molecule has 11 heteroatoms. The lowest BCUT2D eigenvalue weighted by Crippen LogP contribution is -2.17. The average Bonchev–Trinajstić information content (AvgIpc) is 3.23. The molecule has 0 aliphatic carbocycles. The summed E-state index contributed by atoms with van der Waals surface area (Å²) in [5.74, 6) is 0.0791. The number of alkyl halides is 3. The van der Waals surface area contributed by atoms with Crippen molar-refractivity contribution in [3.8, 4) is 11.5 Å². The summed E-state index contributed by atoms with van der Waals surface area (Å²) in [6.45, 7) is 4.78. The van der Waals surface area contributed by atoms with Crippen molar-refractivity contribution in [3.63, 3.8) is 0 Å². The Hall–Kier alpha value is -3.76. The number of nitrogens with zero attached hydrogens (tertiary/aromatic N) is 4. The van der Waals surface area contributed by atoms with E-state index in [4.69, 9.17) is 5.11 Å². The molecule has 0 atom stereocenters. The van der Waals surface area contributed by atoms with Crippen LogP contribution >= 0.6 is 0 Å². The summed E-state index contributed by atoms with van der Waals surface area (Å²) >= 11 is 0. The quantitative estimate of drug-likeness (QED) is 0.328. The maximum absolute atomic E-state index is 12.8. The third-order valence-corrected chi connectivity index (χ3v) is 4.70. The van der Waals surface area contributed by atoms with Crippen molar-refractivity contribution < 1.29 is 32.5 Å². The molecule has 0 amide bonds. The Balaban J connectivity index is 1.78. The van der Waals surface area contributed by atoms with Gasteiger partial charge in [0.15, 0.2) is 0 Å². The van der Waals surface area contributed by atoms with Crippen LogP contribution in [0.25, 0.3) is 21.8 Å². The molecule has 0 saturated carbocycles. The van der Waals surface area contributed by atoms with Crippen LogP contribution in [0.2, 0.25) is 0 Å².